The zero-order chi connectivity index (χ0) is 18.5. The van der Waals surface area contributed by atoms with Crippen LogP contribution in [0.3, 0.4) is 0 Å². The van der Waals surface area contributed by atoms with Gasteiger partial charge in [0.15, 0.2) is 5.92 Å². The molecule has 1 unspecified atom stereocenters. The summed E-state index contributed by atoms with van der Waals surface area (Å²) in [5.74, 6) is -2.67. The Labute approximate surface area is 158 Å². The molecule has 0 saturated carbocycles. The van der Waals surface area contributed by atoms with Crippen molar-refractivity contribution >= 4 is 62.1 Å². The van der Waals surface area contributed by atoms with Crippen LogP contribution in [0.1, 0.15) is 15.7 Å². The Hall–Kier alpha value is -1.61. The van der Waals surface area contributed by atoms with Crippen molar-refractivity contribution in [2.24, 2.45) is 0 Å². The van der Waals surface area contributed by atoms with Crippen molar-refractivity contribution in [1.82, 2.24) is 4.31 Å². The summed E-state index contributed by atoms with van der Waals surface area (Å²) in [5.41, 5.74) is 0.359. The number of benzene rings is 1. The molecule has 0 radical (unpaired) electrons. The third-order valence-electron chi connectivity index (χ3n) is 3.76. The third kappa shape index (κ3) is 3.03. The summed E-state index contributed by atoms with van der Waals surface area (Å²) >= 11 is 12.9. The molecule has 1 atom stereocenters. The minimum Gasteiger partial charge on any atom is -0.325 e. The molecule has 1 aliphatic heterocycles. The Morgan fingerprint density at radius 2 is 1.92 bits per heavy atom. The van der Waals surface area contributed by atoms with E-state index in [4.69, 9.17) is 23.2 Å². The van der Waals surface area contributed by atoms with Crippen LogP contribution in [0.25, 0.3) is 0 Å². The highest BCUT2D eigenvalue weighted by Crippen LogP contribution is 2.40. The Kier molecular flexibility index (Phi) is 4.57. The number of carbonyl (C=O) groups excluding carboxylic acids is 2. The average molecular weight is 419 g/mol. The molecule has 2 aromatic rings. The maximum absolute atomic E-state index is 12.7. The monoisotopic (exact) mass is 418 g/mol. The summed E-state index contributed by atoms with van der Waals surface area (Å²) in [4.78, 5) is 26.1. The van der Waals surface area contributed by atoms with Gasteiger partial charge in [-0.1, -0.05) is 23.2 Å². The molecule has 1 aliphatic rings. The highest BCUT2D eigenvalue weighted by molar-refractivity contribution is 7.90. The predicted molar refractivity (Wildman–Crippen MR) is 96.8 cm³/mol. The fourth-order valence-corrected chi connectivity index (χ4v) is 5.65. The van der Waals surface area contributed by atoms with Gasteiger partial charge in [-0.25, -0.2) is 12.7 Å². The van der Waals surface area contributed by atoms with Crippen LogP contribution in [0.2, 0.25) is 10.0 Å². The second-order valence-corrected chi connectivity index (χ2v) is 9.49. The number of rotatable bonds is 2. The van der Waals surface area contributed by atoms with Crippen LogP contribution in [0.4, 0.5) is 5.69 Å². The molecular formula is C15H12Cl2N2O4S2. The van der Waals surface area contributed by atoms with Gasteiger partial charge in [-0.15, -0.1) is 11.3 Å². The van der Waals surface area contributed by atoms with E-state index in [1.807, 2.05) is 0 Å². The van der Waals surface area contributed by atoms with E-state index in [0.717, 1.165) is 18.4 Å². The largest absolute Gasteiger partial charge is 0.325 e. The normalized spacial score (nSPS) is 18.8. The first-order valence-corrected chi connectivity index (χ1v) is 10.0. The molecular weight excluding hydrogens is 407 g/mol. The molecule has 0 bridgehead atoms. The zero-order valence-electron chi connectivity index (χ0n) is 13.0. The van der Waals surface area contributed by atoms with Gasteiger partial charge in [0.05, 0.1) is 10.0 Å². The summed E-state index contributed by atoms with van der Waals surface area (Å²) in [7, 11) is -2.78. The quantitative estimate of drug-likeness (QED) is 0.758. The van der Waals surface area contributed by atoms with Crippen molar-refractivity contribution in [3.05, 3.63) is 44.1 Å². The van der Waals surface area contributed by atoms with Gasteiger partial charge >= 0.3 is 0 Å². The Morgan fingerprint density at radius 1 is 1.24 bits per heavy atom. The molecule has 0 aliphatic carbocycles. The van der Waals surface area contributed by atoms with Crippen LogP contribution in [-0.4, -0.2) is 31.6 Å². The summed E-state index contributed by atoms with van der Waals surface area (Å²) in [6, 6.07) is 5.98. The molecule has 10 heteroatoms. The van der Waals surface area contributed by atoms with E-state index < -0.39 is 27.8 Å². The highest BCUT2D eigenvalue weighted by Gasteiger charge is 2.46. The van der Waals surface area contributed by atoms with Crippen molar-refractivity contribution in [3.8, 4) is 0 Å². The molecule has 132 valence electrons. The molecule has 25 heavy (non-hydrogen) atoms. The summed E-state index contributed by atoms with van der Waals surface area (Å²) in [6.45, 7) is 1.72. The molecule has 1 aromatic carbocycles. The van der Waals surface area contributed by atoms with Gasteiger partial charge in [-0.05, 0) is 31.2 Å². The van der Waals surface area contributed by atoms with Crippen LogP contribution in [0, 0.1) is 6.92 Å². The second-order valence-electron chi connectivity index (χ2n) is 5.45. The number of nitrogens with one attached hydrogen (secondary N) is 1. The number of hydrogen-bond donors (Lipinski definition) is 1. The van der Waals surface area contributed by atoms with Crippen LogP contribution in [-0.2, 0) is 19.6 Å². The lowest BCUT2D eigenvalue weighted by molar-refractivity contribution is -0.132. The summed E-state index contributed by atoms with van der Waals surface area (Å²) < 4.78 is 25.4. The molecule has 1 N–H and O–H groups in total. The summed E-state index contributed by atoms with van der Waals surface area (Å²) in [5, 5.41) is 3.17. The first-order chi connectivity index (χ1) is 11.6. The predicted octanol–water partition coefficient (Wildman–Crippen LogP) is 3.25. The number of nitrogens with zero attached hydrogens (tertiary/aromatic N) is 1. The Bertz CT molecular complexity index is 1000. The number of hydrogen-bond acceptors (Lipinski definition) is 5. The van der Waals surface area contributed by atoms with Gasteiger partial charge in [0, 0.05) is 22.5 Å². The van der Waals surface area contributed by atoms with Crippen molar-refractivity contribution in [1.29, 1.82) is 0 Å². The van der Waals surface area contributed by atoms with E-state index in [1.54, 1.807) is 13.0 Å². The lowest BCUT2D eigenvalue weighted by Crippen LogP contribution is -2.45. The number of sulfonamides is 1. The number of carbonyl (C=O) groups is 2. The fraction of sp³-hybridized carbons (Fsp3) is 0.200. The van der Waals surface area contributed by atoms with Crippen molar-refractivity contribution < 1.29 is 18.0 Å². The van der Waals surface area contributed by atoms with Crippen molar-refractivity contribution in [2.75, 3.05) is 12.4 Å². The topological polar surface area (TPSA) is 83.6 Å². The highest BCUT2D eigenvalue weighted by atomic mass is 35.5. The molecule has 6 nitrogen and oxygen atoms in total. The second kappa shape index (κ2) is 6.28. The number of thiophene rings is 1. The summed E-state index contributed by atoms with van der Waals surface area (Å²) in [6.07, 6.45) is 0. The average Bonchev–Trinajstić information content (AvgIpc) is 2.92. The number of aryl methyl sites for hydroxylation is 1. The minimum atomic E-state index is -3.93. The van der Waals surface area contributed by atoms with Gasteiger partial charge in [0.1, 0.15) is 4.90 Å². The van der Waals surface area contributed by atoms with Gasteiger partial charge < -0.3 is 5.32 Å². The number of likely N-dealkylation sites (N-methyl/N-ethyl adjacent to an activating group) is 1. The Balaban J connectivity index is 2.01. The van der Waals surface area contributed by atoms with E-state index in [9.17, 15) is 18.0 Å². The van der Waals surface area contributed by atoms with Gasteiger partial charge in [0.2, 0.25) is 5.91 Å². The SMILES string of the molecule is Cc1cc2c(s1)C(C(=O)Nc1ccc(Cl)c(Cl)c1)C(=O)N(C)S2(=O)=O. The van der Waals surface area contributed by atoms with E-state index in [2.05, 4.69) is 5.32 Å². The van der Waals surface area contributed by atoms with Crippen molar-refractivity contribution in [3.63, 3.8) is 0 Å². The van der Waals surface area contributed by atoms with E-state index >= 15 is 0 Å². The van der Waals surface area contributed by atoms with E-state index in [-0.39, 0.29) is 14.8 Å². The van der Waals surface area contributed by atoms with Crippen LogP contribution < -0.4 is 5.32 Å². The maximum Gasteiger partial charge on any atom is 0.267 e. The first kappa shape index (κ1) is 18.2. The third-order valence-corrected chi connectivity index (χ3v) is 7.53. The minimum absolute atomic E-state index is 0.00797. The molecule has 0 spiro atoms. The van der Waals surface area contributed by atoms with E-state index in [1.165, 1.54) is 18.2 Å². The van der Waals surface area contributed by atoms with Crippen molar-refractivity contribution in [2.45, 2.75) is 17.7 Å². The number of amides is 2. The van der Waals surface area contributed by atoms with E-state index in [0.29, 0.717) is 19.9 Å². The molecule has 3 rings (SSSR count). The molecule has 1 aromatic heterocycles. The maximum atomic E-state index is 12.7. The van der Waals surface area contributed by atoms with Gasteiger partial charge in [-0.3, -0.25) is 9.59 Å². The lowest BCUT2D eigenvalue weighted by atomic mass is 10.1. The molecule has 0 saturated heterocycles. The lowest BCUT2D eigenvalue weighted by Gasteiger charge is -2.28. The number of fused-ring (bicyclic) bond motifs is 1. The zero-order valence-corrected chi connectivity index (χ0v) is 16.2. The van der Waals surface area contributed by atoms with Crippen LogP contribution >= 0.6 is 34.5 Å². The van der Waals surface area contributed by atoms with Crippen LogP contribution in [0.5, 0.6) is 0 Å². The van der Waals surface area contributed by atoms with Gasteiger partial charge in [0.25, 0.3) is 15.9 Å². The first-order valence-electron chi connectivity index (χ1n) is 7.02. The Morgan fingerprint density at radius 3 is 2.56 bits per heavy atom. The molecule has 2 heterocycles. The molecule has 2 amide bonds. The van der Waals surface area contributed by atoms with Crippen LogP contribution in [0.15, 0.2) is 29.2 Å². The fourth-order valence-electron chi connectivity index (χ4n) is 2.49. The molecule has 0 fully saturated rings. The number of anilines is 1. The number of halogens is 2. The smallest absolute Gasteiger partial charge is 0.267 e. The standard InChI is InChI=1S/C15H12Cl2N2O4S2/c1-7-5-11-13(24-7)12(15(21)19(2)25(11,22)23)14(20)18-8-3-4-9(16)10(17)6-8/h3-6,12H,1-2H3,(H,18,20). The van der Waals surface area contributed by atoms with Gasteiger partial charge in [-0.2, -0.15) is 0 Å².